The number of H-pyrrole nitrogens is 1. The number of anilines is 1. The SMILES string of the molecule is CC(C)(C)c1cn(-c2ccc(NC(=O)C3(c4cccc(Cl)c4)CC3)cc2-c2nn[nH]n2)cn1. The Morgan fingerprint density at radius 2 is 2.00 bits per heavy atom. The number of benzene rings is 2. The molecule has 33 heavy (non-hydrogen) atoms. The lowest BCUT2D eigenvalue weighted by atomic mass is 9.93. The van der Waals surface area contributed by atoms with Gasteiger partial charge in [0.2, 0.25) is 11.7 Å². The lowest BCUT2D eigenvalue weighted by Gasteiger charge is -2.17. The molecule has 1 aliphatic rings. The second kappa shape index (κ2) is 7.81. The summed E-state index contributed by atoms with van der Waals surface area (Å²) in [4.78, 5) is 17.8. The third kappa shape index (κ3) is 4.02. The highest BCUT2D eigenvalue weighted by Crippen LogP contribution is 2.49. The van der Waals surface area contributed by atoms with Gasteiger partial charge < -0.3 is 9.88 Å². The second-order valence-electron chi connectivity index (χ2n) is 9.43. The van der Waals surface area contributed by atoms with Gasteiger partial charge in [-0.3, -0.25) is 4.79 Å². The number of carbonyl (C=O) groups is 1. The molecule has 2 N–H and O–H groups in total. The molecule has 0 atom stereocenters. The van der Waals surface area contributed by atoms with Crippen LogP contribution in [-0.2, 0) is 15.6 Å². The van der Waals surface area contributed by atoms with Gasteiger partial charge >= 0.3 is 0 Å². The molecule has 5 rings (SSSR count). The zero-order valence-electron chi connectivity index (χ0n) is 18.6. The van der Waals surface area contributed by atoms with Crippen LogP contribution in [-0.4, -0.2) is 36.1 Å². The fourth-order valence-corrected chi connectivity index (χ4v) is 4.13. The second-order valence-corrected chi connectivity index (χ2v) is 9.87. The molecule has 4 aromatic rings. The number of amides is 1. The Morgan fingerprint density at radius 1 is 1.18 bits per heavy atom. The third-order valence-electron chi connectivity index (χ3n) is 6.03. The Bertz CT molecular complexity index is 1320. The highest BCUT2D eigenvalue weighted by atomic mass is 35.5. The van der Waals surface area contributed by atoms with E-state index in [1.165, 1.54) is 0 Å². The number of aromatic nitrogens is 6. The van der Waals surface area contributed by atoms with Gasteiger partial charge in [0, 0.05) is 27.9 Å². The van der Waals surface area contributed by atoms with Gasteiger partial charge in [-0.05, 0) is 54.0 Å². The lowest BCUT2D eigenvalue weighted by Crippen LogP contribution is -2.27. The normalized spacial score (nSPS) is 14.8. The summed E-state index contributed by atoms with van der Waals surface area (Å²) in [6.45, 7) is 6.35. The van der Waals surface area contributed by atoms with Crippen molar-refractivity contribution in [3.8, 4) is 17.1 Å². The Hall–Kier alpha value is -3.52. The maximum Gasteiger partial charge on any atom is 0.235 e. The van der Waals surface area contributed by atoms with Crippen molar-refractivity contribution in [1.82, 2.24) is 30.2 Å². The monoisotopic (exact) mass is 461 g/mol. The van der Waals surface area contributed by atoms with Crippen molar-refractivity contribution in [3.05, 3.63) is 71.3 Å². The Morgan fingerprint density at radius 3 is 2.64 bits per heavy atom. The lowest BCUT2D eigenvalue weighted by molar-refractivity contribution is -0.118. The zero-order valence-corrected chi connectivity index (χ0v) is 19.4. The molecule has 8 nitrogen and oxygen atoms in total. The van der Waals surface area contributed by atoms with E-state index in [4.69, 9.17) is 11.6 Å². The van der Waals surface area contributed by atoms with Gasteiger partial charge in [0.05, 0.1) is 23.1 Å². The van der Waals surface area contributed by atoms with Crippen molar-refractivity contribution in [2.45, 2.75) is 44.4 Å². The highest BCUT2D eigenvalue weighted by molar-refractivity contribution is 6.30. The predicted molar refractivity (Wildman–Crippen MR) is 126 cm³/mol. The van der Waals surface area contributed by atoms with E-state index in [0.29, 0.717) is 16.5 Å². The molecule has 0 bridgehead atoms. The first kappa shape index (κ1) is 21.3. The molecular formula is C24H24ClN7O. The number of imidazole rings is 1. The quantitative estimate of drug-likeness (QED) is 0.449. The van der Waals surface area contributed by atoms with Gasteiger partial charge in [-0.15, -0.1) is 10.2 Å². The van der Waals surface area contributed by atoms with Crippen molar-refractivity contribution in [1.29, 1.82) is 0 Å². The number of hydrogen-bond acceptors (Lipinski definition) is 5. The molecule has 9 heteroatoms. The van der Waals surface area contributed by atoms with Crippen LogP contribution in [0.4, 0.5) is 5.69 Å². The van der Waals surface area contributed by atoms with Crippen LogP contribution >= 0.6 is 11.6 Å². The standard InChI is InChI=1S/C24H24ClN7O/c1-23(2,3)20-13-32(14-26-20)19-8-7-17(12-18(19)21-28-30-31-29-21)27-22(33)24(9-10-24)15-5-4-6-16(25)11-15/h4-8,11-14H,9-10H2,1-3H3,(H,27,33)(H,28,29,30,31). The summed E-state index contributed by atoms with van der Waals surface area (Å²) in [6.07, 6.45) is 5.35. The molecule has 1 saturated carbocycles. The third-order valence-corrected chi connectivity index (χ3v) is 6.27. The topological polar surface area (TPSA) is 101 Å². The molecule has 2 aromatic heterocycles. The summed E-state index contributed by atoms with van der Waals surface area (Å²) >= 11 is 6.16. The highest BCUT2D eigenvalue weighted by Gasteiger charge is 2.51. The van der Waals surface area contributed by atoms with Gasteiger partial charge in [-0.1, -0.05) is 44.5 Å². The van der Waals surface area contributed by atoms with E-state index < -0.39 is 5.41 Å². The predicted octanol–water partition coefficient (Wildman–Crippen LogP) is 4.67. The molecule has 1 amide bonds. The molecule has 2 heterocycles. The van der Waals surface area contributed by atoms with Crippen LogP contribution in [0.25, 0.3) is 17.1 Å². The number of halogens is 1. The van der Waals surface area contributed by atoms with Crippen molar-refractivity contribution >= 4 is 23.2 Å². The average Bonchev–Trinajstić information content (AvgIpc) is 3.17. The van der Waals surface area contributed by atoms with E-state index in [2.05, 4.69) is 51.7 Å². The summed E-state index contributed by atoms with van der Waals surface area (Å²) in [5.74, 6) is 0.386. The molecule has 1 fully saturated rings. The number of hydrogen-bond donors (Lipinski definition) is 2. The minimum Gasteiger partial charge on any atom is -0.325 e. The van der Waals surface area contributed by atoms with Gasteiger partial charge in [0.1, 0.15) is 0 Å². The number of nitrogens with zero attached hydrogens (tertiary/aromatic N) is 5. The minimum atomic E-state index is -0.540. The number of tetrazole rings is 1. The van der Waals surface area contributed by atoms with Gasteiger partial charge in [-0.2, -0.15) is 5.21 Å². The van der Waals surface area contributed by atoms with Gasteiger partial charge in [0.15, 0.2) is 0 Å². The summed E-state index contributed by atoms with van der Waals surface area (Å²) in [5.41, 5.74) is 3.52. The number of nitrogens with one attached hydrogen (secondary N) is 2. The molecule has 0 aliphatic heterocycles. The molecule has 0 spiro atoms. The maximum absolute atomic E-state index is 13.3. The summed E-state index contributed by atoms with van der Waals surface area (Å²) in [7, 11) is 0. The molecule has 0 radical (unpaired) electrons. The molecule has 0 saturated heterocycles. The number of rotatable bonds is 5. The fourth-order valence-electron chi connectivity index (χ4n) is 3.94. The first-order chi connectivity index (χ1) is 15.8. The van der Waals surface area contributed by atoms with Crippen molar-refractivity contribution < 1.29 is 4.79 Å². The van der Waals surface area contributed by atoms with Crippen LogP contribution in [0.1, 0.15) is 44.9 Å². The molecule has 1 aliphatic carbocycles. The first-order valence-corrected chi connectivity index (χ1v) is 11.1. The van der Waals surface area contributed by atoms with Crippen LogP contribution in [0.5, 0.6) is 0 Å². The van der Waals surface area contributed by atoms with E-state index in [1.807, 2.05) is 53.2 Å². The Labute approximate surface area is 196 Å². The van der Waals surface area contributed by atoms with E-state index in [9.17, 15) is 4.79 Å². The van der Waals surface area contributed by atoms with Crippen LogP contribution < -0.4 is 5.32 Å². The number of carbonyl (C=O) groups excluding carboxylic acids is 1. The van der Waals surface area contributed by atoms with E-state index >= 15 is 0 Å². The van der Waals surface area contributed by atoms with Crippen LogP contribution in [0.3, 0.4) is 0 Å². The maximum atomic E-state index is 13.3. The minimum absolute atomic E-state index is 0.0470. The molecular weight excluding hydrogens is 438 g/mol. The molecule has 0 unspecified atom stereocenters. The summed E-state index contributed by atoms with van der Waals surface area (Å²) in [6, 6.07) is 13.2. The van der Waals surface area contributed by atoms with E-state index in [1.54, 1.807) is 6.33 Å². The van der Waals surface area contributed by atoms with Crippen LogP contribution in [0.15, 0.2) is 55.0 Å². The smallest absolute Gasteiger partial charge is 0.235 e. The van der Waals surface area contributed by atoms with Crippen molar-refractivity contribution in [3.63, 3.8) is 0 Å². The van der Waals surface area contributed by atoms with Crippen LogP contribution in [0, 0.1) is 0 Å². The Kier molecular flexibility index (Phi) is 5.05. The average molecular weight is 462 g/mol. The number of aromatic amines is 1. The molecule has 168 valence electrons. The zero-order chi connectivity index (χ0) is 23.2. The van der Waals surface area contributed by atoms with Gasteiger partial charge in [-0.25, -0.2) is 4.98 Å². The first-order valence-electron chi connectivity index (χ1n) is 10.8. The fraction of sp³-hybridized carbons (Fsp3) is 0.292. The van der Waals surface area contributed by atoms with E-state index in [0.717, 1.165) is 35.3 Å². The van der Waals surface area contributed by atoms with Crippen molar-refractivity contribution in [2.24, 2.45) is 0 Å². The van der Waals surface area contributed by atoms with Crippen molar-refractivity contribution in [2.75, 3.05) is 5.32 Å². The van der Waals surface area contributed by atoms with Gasteiger partial charge in [0.25, 0.3) is 0 Å². The summed E-state index contributed by atoms with van der Waals surface area (Å²) in [5, 5.41) is 18.2. The largest absolute Gasteiger partial charge is 0.325 e. The summed E-state index contributed by atoms with van der Waals surface area (Å²) < 4.78 is 1.94. The van der Waals surface area contributed by atoms with E-state index in [-0.39, 0.29) is 11.3 Å². The van der Waals surface area contributed by atoms with Crippen LogP contribution in [0.2, 0.25) is 5.02 Å². The Balaban J connectivity index is 1.48. The molecule has 2 aromatic carbocycles.